The summed E-state index contributed by atoms with van der Waals surface area (Å²) in [7, 11) is 0. The fraction of sp³-hybridized carbons (Fsp3) is 0.571. The van der Waals surface area contributed by atoms with Gasteiger partial charge in [-0.1, -0.05) is 6.92 Å². The molecule has 2 N–H and O–H groups in total. The Morgan fingerprint density at radius 1 is 1.40 bits per heavy atom. The lowest BCUT2D eigenvalue weighted by molar-refractivity contribution is -0.137. The maximum atomic E-state index is 12.6. The minimum absolute atomic E-state index is 0.0114. The highest BCUT2D eigenvalue weighted by molar-refractivity contribution is 5.54. The standard InChI is InChI=1S/C14H19F3N2O/c1-2-19-7-3-4-11(9-19)20-13-6-5-10(8-12(13)18)14(15,16)17/h5-6,8,11H,2-4,7,9,18H2,1H3/t11-/m1/s1. The second-order valence-corrected chi connectivity index (χ2v) is 5.03. The third-order valence-corrected chi connectivity index (χ3v) is 3.54. The van der Waals surface area contributed by atoms with Crippen molar-refractivity contribution >= 4 is 5.69 Å². The van der Waals surface area contributed by atoms with Crippen LogP contribution in [0.5, 0.6) is 5.75 Å². The van der Waals surface area contributed by atoms with E-state index in [1.165, 1.54) is 6.07 Å². The number of nitrogen functional groups attached to an aromatic ring is 1. The molecular formula is C14H19F3N2O. The predicted octanol–water partition coefficient (Wildman–Crippen LogP) is 3.15. The van der Waals surface area contributed by atoms with Crippen molar-refractivity contribution in [2.75, 3.05) is 25.4 Å². The SMILES string of the molecule is CCN1CCC[C@@H](Oc2ccc(C(F)(F)F)cc2N)C1. The molecule has 0 aliphatic carbocycles. The fourth-order valence-corrected chi connectivity index (χ4v) is 2.41. The van der Waals surface area contributed by atoms with Gasteiger partial charge in [-0.25, -0.2) is 0 Å². The fourth-order valence-electron chi connectivity index (χ4n) is 2.41. The highest BCUT2D eigenvalue weighted by Gasteiger charge is 2.31. The summed E-state index contributed by atoms with van der Waals surface area (Å²) in [5.41, 5.74) is 4.95. The van der Waals surface area contributed by atoms with Gasteiger partial charge in [0.05, 0.1) is 11.3 Å². The van der Waals surface area contributed by atoms with E-state index in [2.05, 4.69) is 11.8 Å². The number of hydrogen-bond acceptors (Lipinski definition) is 3. The maximum absolute atomic E-state index is 12.6. The Labute approximate surface area is 116 Å². The second kappa shape index (κ2) is 5.91. The molecule has 1 fully saturated rings. The molecule has 112 valence electrons. The van der Waals surface area contributed by atoms with Gasteiger partial charge in [0, 0.05) is 6.54 Å². The summed E-state index contributed by atoms with van der Waals surface area (Å²) in [5, 5.41) is 0. The average Bonchev–Trinajstić information content (AvgIpc) is 2.40. The van der Waals surface area contributed by atoms with E-state index in [9.17, 15) is 13.2 Å². The van der Waals surface area contributed by atoms with Crippen LogP contribution >= 0.6 is 0 Å². The number of hydrogen-bond donors (Lipinski definition) is 1. The number of halogens is 3. The molecule has 6 heteroatoms. The van der Waals surface area contributed by atoms with E-state index < -0.39 is 11.7 Å². The minimum atomic E-state index is -4.38. The third kappa shape index (κ3) is 3.56. The van der Waals surface area contributed by atoms with Gasteiger partial charge >= 0.3 is 6.18 Å². The van der Waals surface area contributed by atoms with Crippen LogP contribution < -0.4 is 10.5 Å². The molecule has 1 aromatic carbocycles. The first kappa shape index (κ1) is 15.0. The van der Waals surface area contributed by atoms with E-state index in [-0.39, 0.29) is 11.8 Å². The molecule has 1 atom stereocenters. The number of piperidine rings is 1. The molecule has 20 heavy (non-hydrogen) atoms. The summed E-state index contributed by atoms with van der Waals surface area (Å²) < 4.78 is 43.4. The Bertz CT molecular complexity index is 462. The molecule has 0 radical (unpaired) electrons. The zero-order valence-corrected chi connectivity index (χ0v) is 11.4. The number of likely N-dealkylation sites (N-methyl/N-ethyl adjacent to an activating group) is 1. The molecule has 1 saturated heterocycles. The Balaban J connectivity index is 2.06. The first-order valence-corrected chi connectivity index (χ1v) is 6.76. The van der Waals surface area contributed by atoms with Crippen molar-refractivity contribution in [1.29, 1.82) is 0 Å². The number of ether oxygens (including phenoxy) is 1. The van der Waals surface area contributed by atoms with Gasteiger partial charge in [0.1, 0.15) is 11.9 Å². The van der Waals surface area contributed by atoms with Gasteiger partial charge in [-0.2, -0.15) is 13.2 Å². The van der Waals surface area contributed by atoms with Crippen LogP contribution in [0.15, 0.2) is 18.2 Å². The molecule has 0 spiro atoms. The second-order valence-electron chi connectivity index (χ2n) is 5.03. The lowest BCUT2D eigenvalue weighted by atomic mass is 10.1. The van der Waals surface area contributed by atoms with E-state index >= 15 is 0 Å². The van der Waals surface area contributed by atoms with Crippen LogP contribution in [0.2, 0.25) is 0 Å². The van der Waals surface area contributed by atoms with E-state index in [1.54, 1.807) is 0 Å². The Kier molecular flexibility index (Phi) is 4.42. The van der Waals surface area contributed by atoms with Gasteiger partial charge in [0.2, 0.25) is 0 Å². The van der Waals surface area contributed by atoms with Crippen LogP contribution in [0.3, 0.4) is 0 Å². The number of rotatable bonds is 3. The van der Waals surface area contributed by atoms with Crippen molar-refractivity contribution in [1.82, 2.24) is 4.90 Å². The van der Waals surface area contributed by atoms with E-state index in [0.29, 0.717) is 5.75 Å². The summed E-state index contributed by atoms with van der Waals surface area (Å²) in [4.78, 5) is 2.26. The summed E-state index contributed by atoms with van der Waals surface area (Å²) in [5.74, 6) is 0.334. The third-order valence-electron chi connectivity index (χ3n) is 3.54. The first-order valence-electron chi connectivity index (χ1n) is 6.76. The predicted molar refractivity (Wildman–Crippen MR) is 71.6 cm³/mol. The molecule has 1 aliphatic rings. The molecule has 0 unspecified atom stereocenters. The normalized spacial score (nSPS) is 20.9. The van der Waals surface area contributed by atoms with Gasteiger partial charge in [0.25, 0.3) is 0 Å². The van der Waals surface area contributed by atoms with Gasteiger partial charge < -0.3 is 10.5 Å². The number of nitrogens with zero attached hydrogens (tertiary/aromatic N) is 1. The summed E-state index contributed by atoms with van der Waals surface area (Å²) in [6, 6.07) is 3.24. The van der Waals surface area contributed by atoms with Crippen molar-refractivity contribution in [3.8, 4) is 5.75 Å². The molecule has 1 aliphatic heterocycles. The van der Waals surface area contributed by atoms with Gasteiger partial charge in [-0.05, 0) is 44.1 Å². The highest BCUT2D eigenvalue weighted by atomic mass is 19.4. The number of alkyl halides is 3. The Hall–Kier alpha value is -1.43. The van der Waals surface area contributed by atoms with Crippen LogP contribution in [0.4, 0.5) is 18.9 Å². The smallest absolute Gasteiger partial charge is 0.416 e. The minimum Gasteiger partial charge on any atom is -0.487 e. The zero-order chi connectivity index (χ0) is 14.8. The van der Waals surface area contributed by atoms with Crippen molar-refractivity contribution in [2.24, 2.45) is 0 Å². The van der Waals surface area contributed by atoms with Crippen LogP contribution in [0.25, 0.3) is 0 Å². The molecule has 3 nitrogen and oxygen atoms in total. The van der Waals surface area contributed by atoms with Crippen LogP contribution in [0, 0.1) is 0 Å². The summed E-state index contributed by atoms with van der Waals surface area (Å²) in [6.45, 7) is 4.85. The van der Waals surface area contributed by atoms with Crippen LogP contribution in [-0.2, 0) is 6.18 Å². The number of nitrogens with two attached hydrogens (primary N) is 1. The average molecular weight is 288 g/mol. The highest BCUT2D eigenvalue weighted by Crippen LogP contribution is 2.34. The number of likely N-dealkylation sites (tertiary alicyclic amines) is 1. The topological polar surface area (TPSA) is 38.5 Å². The lowest BCUT2D eigenvalue weighted by Gasteiger charge is -2.32. The molecule has 0 aromatic heterocycles. The molecule has 0 saturated carbocycles. The molecule has 0 amide bonds. The van der Waals surface area contributed by atoms with E-state index in [0.717, 1.165) is 44.6 Å². The van der Waals surface area contributed by atoms with E-state index in [1.807, 2.05) is 0 Å². The Morgan fingerprint density at radius 2 is 2.15 bits per heavy atom. The van der Waals surface area contributed by atoms with Crippen molar-refractivity contribution < 1.29 is 17.9 Å². The molecule has 2 rings (SSSR count). The van der Waals surface area contributed by atoms with Crippen LogP contribution in [-0.4, -0.2) is 30.6 Å². The zero-order valence-electron chi connectivity index (χ0n) is 11.4. The Morgan fingerprint density at radius 3 is 2.75 bits per heavy atom. The summed E-state index contributed by atoms with van der Waals surface area (Å²) in [6.07, 6.45) is -2.46. The van der Waals surface area contributed by atoms with Gasteiger partial charge in [0.15, 0.2) is 0 Å². The first-order chi connectivity index (χ1) is 9.40. The lowest BCUT2D eigenvalue weighted by Crippen LogP contribution is -2.40. The van der Waals surface area contributed by atoms with Crippen LogP contribution in [0.1, 0.15) is 25.3 Å². The molecule has 1 aromatic rings. The number of benzene rings is 1. The van der Waals surface area contributed by atoms with Gasteiger partial charge in [-0.15, -0.1) is 0 Å². The maximum Gasteiger partial charge on any atom is 0.416 e. The van der Waals surface area contributed by atoms with Crippen molar-refractivity contribution in [3.05, 3.63) is 23.8 Å². The number of anilines is 1. The molecule has 0 bridgehead atoms. The molecule has 1 heterocycles. The quantitative estimate of drug-likeness (QED) is 0.868. The van der Waals surface area contributed by atoms with Crippen molar-refractivity contribution in [2.45, 2.75) is 32.0 Å². The largest absolute Gasteiger partial charge is 0.487 e. The monoisotopic (exact) mass is 288 g/mol. The van der Waals surface area contributed by atoms with E-state index in [4.69, 9.17) is 10.5 Å². The summed E-state index contributed by atoms with van der Waals surface area (Å²) >= 11 is 0. The van der Waals surface area contributed by atoms with Crippen molar-refractivity contribution in [3.63, 3.8) is 0 Å². The van der Waals surface area contributed by atoms with Gasteiger partial charge in [-0.3, -0.25) is 4.90 Å². The molecular weight excluding hydrogens is 269 g/mol.